The monoisotopic (exact) mass is 671 g/mol. The SMILES string of the molecule is CN1Cc2ccccc2C1CC(=O)N[C@H](Cc1ccc(Cl)cc1)C(=O)N1CCN(c2ccccc2CN2CCCC2)CC1.Cl.Cl. The van der Waals surface area contributed by atoms with Crippen LogP contribution < -0.4 is 10.2 Å². The number of carbonyl (C=O) groups excluding carboxylic acids is 2. The number of rotatable bonds is 9. The van der Waals surface area contributed by atoms with Crippen LogP contribution in [-0.4, -0.2) is 78.9 Å². The number of nitrogens with one attached hydrogen (secondary N) is 1. The number of hydrogen-bond donors (Lipinski definition) is 1. The highest BCUT2D eigenvalue weighted by Gasteiger charge is 2.33. The Morgan fingerprint density at radius 3 is 2.27 bits per heavy atom. The second kappa shape index (κ2) is 16.1. The first-order valence-corrected chi connectivity index (χ1v) is 16.0. The number of hydrogen-bond acceptors (Lipinski definition) is 5. The molecular formula is C35H44Cl3N5O2. The van der Waals surface area contributed by atoms with Crippen LogP contribution in [0.25, 0.3) is 0 Å². The van der Waals surface area contributed by atoms with Gasteiger partial charge in [-0.25, -0.2) is 0 Å². The third kappa shape index (κ3) is 8.52. The molecule has 1 unspecified atom stereocenters. The molecule has 2 fully saturated rings. The second-order valence-corrected chi connectivity index (χ2v) is 12.6. The van der Waals surface area contributed by atoms with Crippen molar-refractivity contribution < 1.29 is 9.59 Å². The van der Waals surface area contributed by atoms with Crippen molar-refractivity contribution in [2.45, 2.75) is 50.9 Å². The number of para-hydroxylation sites is 1. The summed E-state index contributed by atoms with van der Waals surface area (Å²) >= 11 is 6.13. The summed E-state index contributed by atoms with van der Waals surface area (Å²) < 4.78 is 0. The lowest BCUT2D eigenvalue weighted by molar-refractivity contribution is -0.137. The van der Waals surface area contributed by atoms with E-state index in [1.165, 1.54) is 48.3 Å². The molecule has 0 bridgehead atoms. The van der Waals surface area contributed by atoms with Gasteiger partial charge in [0.15, 0.2) is 0 Å². The summed E-state index contributed by atoms with van der Waals surface area (Å²) in [6, 6.07) is 23.9. The van der Waals surface area contributed by atoms with Crippen LogP contribution in [0, 0.1) is 0 Å². The van der Waals surface area contributed by atoms with Crippen LogP contribution in [0.15, 0.2) is 72.8 Å². The third-order valence-electron chi connectivity index (χ3n) is 9.25. The van der Waals surface area contributed by atoms with E-state index in [4.69, 9.17) is 11.6 Å². The molecule has 2 amide bonds. The minimum atomic E-state index is -0.635. The van der Waals surface area contributed by atoms with E-state index >= 15 is 0 Å². The first kappa shape index (κ1) is 35.1. The number of nitrogens with zero attached hydrogens (tertiary/aromatic N) is 4. The van der Waals surface area contributed by atoms with Gasteiger partial charge in [-0.3, -0.25) is 19.4 Å². The van der Waals surface area contributed by atoms with Crippen molar-refractivity contribution in [2.24, 2.45) is 0 Å². The standard InChI is InChI=1S/C35H42ClN5O2.2ClH/c1-38-24-27-8-2-4-10-30(27)33(38)23-34(42)37-31(22-26-12-14-29(36)15-13-26)35(43)41-20-18-40(19-21-41)32-11-5-3-9-28(32)25-39-16-6-7-17-39;;/h2-5,8-15,31,33H,6-7,16-25H2,1H3,(H,37,42);2*1H/t31-,33?;;/m1../s1. The van der Waals surface area contributed by atoms with Gasteiger partial charge in [0.25, 0.3) is 0 Å². The zero-order chi connectivity index (χ0) is 29.8. The molecule has 45 heavy (non-hydrogen) atoms. The molecule has 0 saturated carbocycles. The third-order valence-corrected chi connectivity index (χ3v) is 9.50. The molecule has 242 valence electrons. The smallest absolute Gasteiger partial charge is 0.245 e. The first-order chi connectivity index (χ1) is 20.9. The van der Waals surface area contributed by atoms with Crippen LogP contribution in [0.3, 0.4) is 0 Å². The quantitative estimate of drug-likeness (QED) is 0.315. The van der Waals surface area contributed by atoms with Crippen LogP contribution in [-0.2, 0) is 29.1 Å². The minimum absolute atomic E-state index is 0. The average molecular weight is 673 g/mol. The molecule has 0 radical (unpaired) electrons. The molecule has 2 saturated heterocycles. The number of benzene rings is 3. The van der Waals surface area contributed by atoms with Gasteiger partial charge in [0.05, 0.1) is 0 Å². The molecule has 0 aromatic heterocycles. The van der Waals surface area contributed by atoms with Gasteiger partial charge < -0.3 is 15.1 Å². The van der Waals surface area contributed by atoms with Gasteiger partial charge in [-0.2, -0.15) is 0 Å². The highest BCUT2D eigenvalue weighted by atomic mass is 35.5. The number of anilines is 1. The molecule has 0 spiro atoms. The molecule has 3 aliphatic heterocycles. The number of carbonyl (C=O) groups is 2. The lowest BCUT2D eigenvalue weighted by Gasteiger charge is -2.38. The Kier molecular flexibility index (Phi) is 12.6. The first-order valence-electron chi connectivity index (χ1n) is 15.6. The van der Waals surface area contributed by atoms with E-state index in [1.54, 1.807) is 0 Å². The predicted molar refractivity (Wildman–Crippen MR) is 187 cm³/mol. The lowest BCUT2D eigenvalue weighted by atomic mass is 10.0. The van der Waals surface area contributed by atoms with Gasteiger partial charge in [0, 0.05) is 68.9 Å². The molecule has 3 aromatic rings. The average Bonchev–Trinajstić information content (AvgIpc) is 3.65. The molecule has 6 rings (SSSR count). The summed E-state index contributed by atoms with van der Waals surface area (Å²) in [6.45, 7) is 6.94. The van der Waals surface area contributed by atoms with Crippen LogP contribution >= 0.6 is 36.4 Å². The number of amides is 2. The zero-order valence-corrected chi connectivity index (χ0v) is 28.3. The van der Waals surface area contributed by atoms with Gasteiger partial charge in [-0.05, 0) is 73.4 Å². The Balaban J connectivity index is 0.00000230. The molecule has 7 nitrogen and oxygen atoms in total. The summed E-state index contributed by atoms with van der Waals surface area (Å²) in [5.41, 5.74) is 6.06. The second-order valence-electron chi connectivity index (χ2n) is 12.2. The van der Waals surface area contributed by atoms with E-state index in [2.05, 4.69) is 63.5 Å². The Bertz CT molecular complexity index is 1420. The van der Waals surface area contributed by atoms with Crippen LogP contribution in [0.4, 0.5) is 5.69 Å². The number of piperazine rings is 1. The van der Waals surface area contributed by atoms with Crippen molar-refractivity contribution in [2.75, 3.05) is 51.2 Å². The van der Waals surface area contributed by atoms with Gasteiger partial charge in [0.2, 0.25) is 11.8 Å². The summed E-state index contributed by atoms with van der Waals surface area (Å²) in [4.78, 5) is 36.5. The van der Waals surface area contributed by atoms with Crippen molar-refractivity contribution >= 4 is 53.9 Å². The number of fused-ring (bicyclic) bond motifs is 1. The van der Waals surface area contributed by atoms with Crippen molar-refractivity contribution in [3.8, 4) is 0 Å². The highest BCUT2D eigenvalue weighted by molar-refractivity contribution is 6.30. The molecule has 3 aromatic carbocycles. The maximum Gasteiger partial charge on any atom is 0.245 e. The maximum atomic E-state index is 14.0. The summed E-state index contributed by atoms with van der Waals surface area (Å²) in [7, 11) is 2.05. The van der Waals surface area contributed by atoms with E-state index in [1.807, 2.05) is 41.3 Å². The molecule has 3 aliphatic rings. The number of likely N-dealkylation sites (tertiary alicyclic amines) is 1. The molecule has 0 aliphatic carbocycles. The summed E-state index contributed by atoms with van der Waals surface area (Å²) in [5.74, 6) is -0.121. The van der Waals surface area contributed by atoms with Crippen LogP contribution in [0.1, 0.15) is 47.6 Å². The minimum Gasteiger partial charge on any atom is -0.368 e. The van der Waals surface area contributed by atoms with Crippen LogP contribution in [0.2, 0.25) is 5.02 Å². The highest BCUT2D eigenvalue weighted by Crippen LogP contribution is 2.34. The fourth-order valence-electron chi connectivity index (χ4n) is 6.89. The fraction of sp³-hybridized carbons (Fsp3) is 0.429. The molecule has 2 atom stereocenters. The van der Waals surface area contributed by atoms with E-state index < -0.39 is 6.04 Å². The predicted octanol–water partition coefficient (Wildman–Crippen LogP) is 5.73. The summed E-state index contributed by atoms with van der Waals surface area (Å²) in [5, 5.41) is 3.79. The molecule has 3 heterocycles. The Hall–Kier alpha value is -2.81. The van der Waals surface area contributed by atoms with E-state index in [0.29, 0.717) is 31.0 Å². The Morgan fingerprint density at radius 1 is 0.867 bits per heavy atom. The normalized spacial score (nSPS) is 18.9. The zero-order valence-electron chi connectivity index (χ0n) is 25.9. The largest absolute Gasteiger partial charge is 0.368 e. The fourth-order valence-corrected chi connectivity index (χ4v) is 7.02. The van der Waals surface area contributed by atoms with Crippen molar-refractivity contribution in [1.82, 2.24) is 20.0 Å². The molecule has 10 heteroatoms. The van der Waals surface area contributed by atoms with Crippen molar-refractivity contribution in [3.05, 3.63) is 100 Å². The molecular weight excluding hydrogens is 629 g/mol. The molecule has 1 N–H and O–H groups in total. The van der Waals surface area contributed by atoms with Gasteiger partial charge in [-0.1, -0.05) is 66.2 Å². The van der Waals surface area contributed by atoms with Crippen LogP contribution in [0.5, 0.6) is 0 Å². The van der Waals surface area contributed by atoms with E-state index in [9.17, 15) is 9.59 Å². The van der Waals surface area contributed by atoms with Crippen molar-refractivity contribution in [3.63, 3.8) is 0 Å². The Morgan fingerprint density at radius 2 is 1.53 bits per heavy atom. The Labute approximate surface area is 284 Å². The summed E-state index contributed by atoms with van der Waals surface area (Å²) in [6.07, 6.45) is 3.31. The van der Waals surface area contributed by atoms with Gasteiger partial charge >= 0.3 is 0 Å². The van der Waals surface area contributed by atoms with Gasteiger partial charge in [0.1, 0.15) is 6.04 Å². The van der Waals surface area contributed by atoms with Gasteiger partial charge in [-0.15, -0.1) is 24.8 Å². The topological polar surface area (TPSA) is 59.1 Å². The maximum absolute atomic E-state index is 14.0. The lowest BCUT2D eigenvalue weighted by Crippen LogP contribution is -2.56. The van der Waals surface area contributed by atoms with E-state index in [0.717, 1.165) is 31.7 Å². The van der Waals surface area contributed by atoms with E-state index in [-0.39, 0.29) is 42.7 Å². The van der Waals surface area contributed by atoms with Crippen molar-refractivity contribution in [1.29, 1.82) is 0 Å². The number of halogens is 3.